The van der Waals surface area contributed by atoms with Gasteiger partial charge in [-0.3, -0.25) is 9.69 Å². The largest absolute Gasteiger partial charge is 0.514 e. The molecular weight excluding hydrogens is 871 g/mol. The first-order chi connectivity index (χ1) is 32.4. The number of aryl methyl sites for hydroxylation is 2. The van der Waals surface area contributed by atoms with Crippen LogP contribution in [-0.4, -0.2) is 84.7 Å². The van der Waals surface area contributed by atoms with E-state index in [9.17, 15) is 29.4 Å². The Morgan fingerprint density at radius 2 is 1.66 bits per heavy atom. The number of fused-ring (bicyclic) bond motifs is 5. The molecule has 16 heteroatoms. The topological polar surface area (TPSA) is 196 Å². The van der Waals surface area contributed by atoms with Gasteiger partial charge in [0.15, 0.2) is 5.76 Å². The van der Waals surface area contributed by atoms with E-state index in [0.717, 1.165) is 33.2 Å². The Balaban J connectivity index is 0.907. The van der Waals surface area contributed by atoms with Gasteiger partial charge >= 0.3 is 18.2 Å². The minimum absolute atomic E-state index is 0.0180. The number of aromatic hydroxyl groups is 2. The Labute approximate surface area is 393 Å². The third-order valence-electron chi connectivity index (χ3n) is 13.1. The lowest BCUT2D eigenvalue weighted by molar-refractivity contribution is -0.173. The number of pyridine rings is 2. The SMILES string of the molecule is CCc1c2c(nc3ccc(OC(=O)OC(C)(C)C)cc13)-c1cc3c(c(=O)n1C2)COC(=O)C3(CC)OC(=O)N1CCN(Cc2ccc(-c3c(C)noc3-c3cc(C(C)C)c(O)cc3O)cc2)CC1. The molecule has 1 unspecified atom stereocenters. The lowest BCUT2D eigenvalue weighted by Crippen LogP contribution is -2.53. The molecule has 3 aromatic carbocycles. The van der Waals surface area contributed by atoms with Crippen LogP contribution in [0.1, 0.15) is 99.9 Å². The summed E-state index contributed by atoms with van der Waals surface area (Å²) in [7, 11) is 0. The summed E-state index contributed by atoms with van der Waals surface area (Å²) in [6.45, 7) is 17.2. The van der Waals surface area contributed by atoms with Crippen molar-refractivity contribution in [1.29, 1.82) is 0 Å². The average molecular weight is 926 g/mol. The number of aromatic nitrogens is 3. The van der Waals surface area contributed by atoms with E-state index in [1.807, 2.05) is 52.0 Å². The van der Waals surface area contributed by atoms with Crippen molar-refractivity contribution < 1.29 is 48.1 Å². The van der Waals surface area contributed by atoms with Gasteiger partial charge in [0.25, 0.3) is 5.56 Å². The Bertz CT molecular complexity index is 3070. The van der Waals surface area contributed by atoms with Crippen LogP contribution in [-0.2, 0) is 50.7 Å². The van der Waals surface area contributed by atoms with Crippen LogP contribution in [0.2, 0.25) is 0 Å². The van der Waals surface area contributed by atoms with E-state index in [-0.39, 0.29) is 48.1 Å². The molecule has 0 spiro atoms. The second-order valence-corrected chi connectivity index (χ2v) is 19.0. The van der Waals surface area contributed by atoms with Crippen molar-refractivity contribution in [2.24, 2.45) is 0 Å². The number of carbonyl (C=O) groups excluding carboxylic acids is 3. The average Bonchev–Trinajstić information content (AvgIpc) is 3.86. The van der Waals surface area contributed by atoms with Crippen molar-refractivity contribution in [2.45, 2.75) is 105 Å². The maximum absolute atomic E-state index is 14.4. The fraction of sp³-hybridized carbons (Fsp3) is 0.385. The minimum Gasteiger partial charge on any atom is -0.508 e. The standard InChI is InChI=1S/C52H55N5O11/c1-9-33-35-21-32(65-50(63)67-51(6,7)8)15-16-40(35)53-45-37(33)26-57-41(45)23-39-38(47(57)60)27-64-48(61)52(39,10-2)66-49(62)56-19-17-55(18-20-56)25-30-11-13-31(14-12-30)44-29(5)54-68-46(44)36-22-34(28(3)4)42(58)24-43(36)59/h11-16,21-24,28,58-59H,9-10,17-20,25-27H2,1-8H3. The molecule has 3 aromatic heterocycles. The molecule has 3 aliphatic heterocycles. The van der Waals surface area contributed by atoms with Crippen molar-refractivity contribution in [3.8, 4) is 51.1 Å². The fourth-order valence-electron chi connectivity index (χ4n) is 9.60. The molecule has 0 saturated carbocycles. The molecule has 2 N–H and O–H groups in total. The van der Waals surface area contributed by atoms with Crippen LogP contribution in [0.5, 0.6) is 17.2 Å². The molecule has 1 atom stereocenters. The van der Waals surface area contributed by atoms with Crippen LogP contribution >= 0.6 is 0 Å². The van der Waals surface area contributed by atoms with Crippen molar-refractivity contribution in [2.75, 3.05) is 26.2 Å². The van der Waals surface area contributed by atoms with E-state index >= 15 is 0 Å². The zero-order valence-corrected chi connectivity index (χ0v) is 39.5. The van der Waals surface area contributed by atoms with Gasteiger partial charge in [-0.2, -0.15) is 0 Å². The van der Waals surface area contributed by atoms with E-state index in [4.69, 9.17) is 28.5 Å². The van der Waals surface area contributed by atoms with Gasteiger partial charge in [-0.25, -0.2) is 19.4 Å². The van der Waals surface area contributed by atoms with Gasteiger partial charge in [0.1, 0.15) is 29.5 Å². The molecule has 1 saturated heterocycles. The van der Waals surface area contributed by atoms with Gasteiger partial charge in [-0.1, -0.05) is 57.1 Å². The molecule has 0 aliphatic carbocycles. The van der Waals surface area contributed by atoms with Crippen LogP contribution in [0.3, 0.4) is 0 Å². The minimum atomic E-state index is -1.86. The predicted octanol–water partition coefficient (Wildman–Crippen LogP) is 9.08. The number of esters is 1. The lowest BCUT2D eigenvalue weighted by Gasteiger charge is -2.39. The highest BCUT2D eigenvalue weighted by Gasteiger charge is 2.51. The summed E-state index contributed by atoms with van der Waals surface area (Å²) in [6, 6.07) is 18.0. The summed E-state index contributed by atoms with van der Waals surface area (Å²) in [5, 5.41) is 26.2. The lowest BCUT2D eigenvalue weighted by atomic mass is 9.85. The van der Waals surface area contributed by atoms with E-state index in [2.05, 4.69) is 10.1 Å². The summed E-state index contributed by atoms with van der Waals surface area (Å²) in [5.74, 6) is -0.0931. The number of carbonyl (C=O) groups is 3. The number of ether oxygens (including phenoxy) is 4. The maximum Gasteiger partial charge on any atom is 0.514 e. The number of benzene rings is 3. The van der Waals surface area contributed by atoms with Crippen LogP contribution in [0.15, 0.2) is 70.0 Å². The van der Waals surface area contributed by atoms with Crippen molar-refractivity contribution in [3.05, 3.63) is 110 Å². The Morgan fingerprint density at radius 1 is 0.926 bits per heavy atom. The molecule has 3 aliphatic rings. The molecular formula is C52H55N5O11. The molecule has 6 aromatic rings. The Hall–Kier alpha value is -7.20. The summed E-state index contributed by atoms with van der Waals surface area (Å²) in [5.41, 5.74) is 5.53. The van der Waals surface area contributed by atoms with Gasteiger partial charge in [0, 0.05) is 55.3 Å². The van der Waals surface area contributed by atoms with Gasteiger partial charge in [0.05, 0.1) is 45.8 Å². The summed E-state index contributed by atoms with van der Waals surface area (Å²) in [6.07, 6.45) is -0.869. The summed E-state index contributed by atoms with van der Waals surface area (Å²) < 4.78 is 30.0. The molecule has 0 radical (unpaired) electrons. The second kappa shape index (κ2) is 17.5. The Kier molecular flexibility index (Phi) is 11.8. The Morgan fingerprint density at radius 3 is 2.34 bits per heavy atom. The van der Waals surface area contributed by atoms with E-state index in [0.29, 0.717) is 89.9 Å². The van der Waals surface area contributed by atoms with Crippen LogP contribution in [0.25, 0.3) is 44.7 Å². The number of amides is 1. The molecule has 68 heavy (non-hydrogen) atoms. The van der Waals surface area contributed by atoms with E-state index < -0.39 is 29.4 Å². The highest BCUT2D eigenvalue weighted by molar-refractivity contribution is 5.91. The van der Waals surface area contributed by atoms with Gasteiger partial charge in [-0.15, -0.1) is 0 Å². The molecule has 16 nitrogen and oxygen atoms in total. The molecule has 9 rings (SSSR count). The number of phenols is 2. The maximum atomic E-state index is 14.4. The highest BCUT2D eigenvalue weighted by atomic mass is 16.7. The van der Waals surface area contributed by atoms with Crippen molar-refractivity contribution in [3.63, 3.8) is 0 Å². The smallest absolute Gasteiger partial charge is 0.508 e. The van der Waals surface area contributed by atoms with Crippen LogP contribution < -0.4 is 10.3 Å². The molecule has 6 heterocycles. The third kappa shape index (κ3) is 8.20. The zero-order chi connectivity index (χ0) is 48.4. The van der Waals surface area contributed by atoms with Crippen LogP contribution in [0, 0.1) is 6.92 Å². The molecule has 1 fully saturated rings. The van der Waals surface area contributed by atoms with Gasteiger partial charge in [0.2, 0.25) is 5.60 Å². The zero-order valence-electron chi connectivity index (χ0n) is 39.5. The van der Waals surface area contributed by atoms with Gasteiger partial charge < -0.3 is 43.2 Å². The molecule has 1 amide bonds. The highest BCUT2D eigenvalue weighted by Crippen LogP contribution is 2.45. The first kappa shape index (κ1) is 45.9. The van der Waals surface area contributed by atoms with Crippen molar-refractivity contribution in [1.82, 2.24) is 24.5 Å². The number of hydrogen-bond acceptors (Lipinski definition) is 14. The third-order valence-corrected chi connectivity index (χ3v) is 13.1. The number of nitrogens with zero attached hydrogens (tertiary/aromatic N) is 5. The quantitative estimate of drug-likeness (QED) is 0.0790. The van der Waals surface area contributed by atoms with Gasteiger partial charge in [-0.05, 0) is 99.0 Å². The predicted molar refractivity (Wildman–Crippen MR) is 251 cm³/mol. The first-order valence-electron chi connectivity index (χ1n) is 23.0. The monoisotopic (exact) mass is 925 g/mol. The first-order valence-corrected chi connectivity index (χ1v) is 23.0. The van der Waals surface area contributed by atoms with E-state index in [1.165, 1.54) is 6.07 Å². The normalized spacial score (nSPS) is 16.9. The van der Waals surface area contributed by atoms with E-state index in [1.54, 1.807) is 67.5 Å². The summed E-state index contributed by atoms with van der Waals surface area (Å²) >= 11 is 0. The molecule has 0 bridgehead atoms. The number of phenolic OH excluding ortho intramolecular Hbond substituents is 2. The van der Waals surface area contributed by atoms with Crippen LogP contribution in [0.4, 0.5) is 9.59 Å². The second-order valence-electron chi connectivity index (χ2n) is 19.0. The fourth-order valence-corrected chi connectivity index (χ4v) is 9.60. The number of cyclic esters (lactones) is 1. The number of rotatable bonds is 9. The number of piperazine rings is 1. The van der Waals surface area contributed by atoms with Crippen molar-refractivity contribution >= 4 is 29.1 Å². The molecule has 354 valence electrons. The summed E-state index contributed by atoms with van der Waals surface area (Å²) in [4.78, 5) is 63.5. The number of hydrogen-bond donors (Lipinski definition) is 2.